The number of aryl methyl sites for hydroxylation is 1. The van der Waals surface area contributed by atoms with Gasteiger partial charge in [0.25, 0.3) is 0 Å². The highest BCUT2D eigenvalue weighted by Crippen LogP contribution is 2.17. The van der Waals surface area contributed by atoms with Crippen molar-refractivity contribution < 1.29 is 4.79 Å². The molecule has 0 bridgehead atoms. The summed E-state index contributed by atoms with van der Waals surface area (Å²) in [5, 5.41) is 6.47. The summed E-state index contributed by atoms with van der Waals surface area (Å²) in [6, 6.07) is 8.14. The van der Waals surface area contributed by atoms with Crippen LogP contribution in [0.1, 0.15) is 24.5 Å². The Morgan fingerprint density at radius 2 is 2.32 bits per heavy atom. The van der Waals surface area contributed by atoms with Gasteiger partial charge in [-0.3, -0.25) is 4.79 Å². The quantitative estimate of drug-likeness (QED) is 0.868. The average molecular weight is 260 g/mol. The molecule has 0 saturated carbocycles. The highest BCUT2D eigenvalue weighted by atomic mass is 16.1. The van der Waals surface area contributed by atoms with Crippen LogP contribution in [0.5, 0.6) is 0 Å². The van der Waals surface area contributed by atoms with Crippen molar-refractivity contribution in [2.75, 3.05) is 19.6 Å². The van der Waals surface area contributed by atoms with E-state index < -0.39 is 0 Å². The molecule has 0 aliphatic carbocycles. The van der Waals surface area contributed by atoms with Gasteiger partial charge < -0.3 is 10.6 Å². The minimum absolute atomic E-state index is 0.128. The summed E-state index contributed by atoms with van der Waals surface area (Å²) in [5.74, 6) is 1.39. The standard InChI is InChI=1S/C16H24N2O/c1-12-4-3-5-14(8-12)9-16(19)18-11-15-10-17-7-6-13(15)2/h3-5,8,13,15,17H,6-7,9-11H2,1-2H3,(H,18,19). The summed E-state index contributed by atoms with van der Waals surface area (Å²) in [6.07, 6.45) is 1.69. The monoisotopic (exact) mass is 260 g/mol. The predicted octanol–water partition coefficient (Wildman–Crippen LogP) is 1.90. The van der Waals surface area contributed by atoms with Crippen LogP contribution in [0.4, 0.5) is 0 Å². The van der Waals surface area contributed by atoms with Gasteiger partial charge in [-0.15, -0.1) is 0 Å². The third-order valence-corrected chi connectivity index (χ3v) is 4.00. The van der Waals surface area contributed by atoms with Crippen molar-refractivity contribution >= 4 is 5.91 Å². The zero-order valence-corrected chi connectivity index (χ0v) is 11.9. The Morgan fingerprint density at radius 1 is 1.47 bits per heavy atom. The lowest BCUT2D eigenvalue weighted by Crippen LogP contribution is -2.42. The fraction of sp³-hybridized carbons (Fsp3) is 0.562. The molecule has 2 rings (SSSR count). The largest absolute Gasteiger partial charge is 0.355 e. The predicted molar refractivity (Wildman–Crippen MR) is 78.0 cm³/mol. The third-order valence-electron chi connectivity index (χ3n) is 4.00. The molecule has 2 unspecified atom stereocenters. The molecule has 3 heteroatoms. The minimum atomic E-state index is 0.128. The van der Waals surface area contributed by atoms with Crippen molar-refractivity contribution in [1.82, 2.24) is 10.6 Å². The van der Waals surface area contributed by atoms with E-state index in [1.54, 1.807) is 0 Å². The van der Waals surface area contributed by atoms with Crippen LogP contribution in [0.2, 0.25) is 0 Å². The van der Waals surface area contributed by atoms with Gasteiger partial charge in [-0.05, 0) is 43.8 Å². The van der Waals surface area contributed by atoms with Crippen molar-refractivity contribution in [2.45, 2.75) is 26.7 Å². The summed E-state index contributed by atoms with van der Waals surface area (Å²) in [5.41, 5.74) is 2.29. The smallest absolute Gasteiger partial charge is 0.224 e. The molecule has 1 aromatic carbocycles. The van der Waals surface area contributed by atoms with Crippen LogP contribution in [-0.4, -0.2) is 25.5 Å². The molecule has 1 aliphatic rings. The fourth-order valence-electron chi connectivity index (χ4n) is 2.64. The van der Waals surface area contributed by atoms with Crippen molar-refractivity contribution in [3.05, 3.63) is 35.4 Å². The van der Waals surface area contributed by atoms with Gasteiger partial charge in [0.15, 0.2) is 0 Å². The number of hydrogen-bond donors (Lipinski definition) is 2. The van der Waals surface area contributed by atoms with E-state index in [1.165, 1.54) is 12.0 Å². The normalized spacial score (nSPS) is 23.1. The maximum Gasteiger partial charge on any atom is 0.224 e. The summed E-state index contributed by atoms with van der Waals surface area (Å²) in [7, 11) is 0. The van der Waals surface area contributed by atoms with Gasteiger partial charge >= 0.3 is 0 Å². The molecule has 3 nitrogen and oxygen atoms in total. The Hall–Kier alpha value is -1.35. The number of hydrogen-bond acceptors (Lipinski definition) is 2. The van der Waals surface area contributed by atoms with E-state index in [-0.39, 0.29) is 5.91 Å². The van der Waals surface area contributed by atoms with Crippen molar-refractivity contribution in [3.63, 3.8) is 0 Å². The van der Waals surface area contributed by atoms with Gasteiger partial charge in [0.05, 0.1) is 6.42 Å². The number of nitrogens with one attached hydrogen (secondary N) is 2. The lowest BCUT2D eigenvalue weighted by Gasteiger charge is -2.29. The number of piperidine rings is 1. The van der Waals surface area contributed by atoms with E-state index in [2.05, 4.69) is 36.6 Å². The maximum atomic E-state index is 11.9. The lowest BCUT2D eigenvalue weighted by atomic mass is 9.88. The van der Waals surface area contributed by atoms with Gasteiger partial charge in [0, 0.05) is 6.54 Å². The molecule has 2 N–H and O–H groups in total. The average Bonchev–Trinajstić information content (AvgIpc) is 2.38. The topological polar surface area (TPSA) is 41.1 Å². The zero-order chi connectivity index (χ0) is 13.7. The molecule has 1 aliphatic heterocycles. The van der Waals surface area contributed by atoms with Crippen molar-refractivity contribution in [1.29, 1.82) is 0 Å². The molecule has 104 valence electrons. The number of rotatable bonds is 4. The number of carbonyl (C=O) groups excluding carboxylic acids is 1. The summed E-state index contributed by atoms with van der Waals surface area (Å²) in [4.78, 5) is 11.9. The number of benzene rings is 1. The van der Waals surface area contributed by atoms with Gasteiger partial charge in [-0.1, -0.05) is 36.8 Å². The van der Waals surface area contributed by atoms with E-state index in [0.717, 1.165) is 25.2 Å². The Morgan fingerprint density at radius 3 is 3.05 bits per heavy atom. The second kappa shape index (κ2) is 6.71. The molecule has 0 spiro atoms. The molecular formula is C16H24N2O. The van der Waals surface area contributed by atoms with Crippen molar-refractivity contribution in [3.8, 4) is 0 Å². The van der Waals surface area contributed by atoms with E-state index >= 15 is 0 Å². The summed E-state index contributed by atoms with van der Waals surface area (Å²) < 4.78 is 0. The first kappa shape index (κ1) is 14.1. The second-order valence-corrected chi connectivity index (χ2v) is 5.70. The second-order valence-electron chi connectivity index (χ2n) is 5.70. The SMILES string of the molecule is Cc1cccc(CC(=O)NCC2CNCCC2C)c1. The maximum absolute atomic E-state index is 11.9. The molecule has 19 heavy (non-hydrogen) atoms. The Balaban J connectivity index is 1.78. The van der Waals surface area contributed by atoms with Gasteiger partial charge in [-0.2, -0.15) is 0 Å². The van der Waals surface area contributed by atoms with E-state index in [0.29, 0.717) is 18.3 Å². The van der Waals surface area contributed by atoms with E-state index in [1.807, 2.05) is 12.1 Å². The molecule has 1 heterocycles. The first-order valence-electron chi connectivity index (χ1n) is 7.18. The van der Waals surface area contributed by atoms with Crippen LogP contribution in [-0.2, 0) is 11.2 Å². The van der Waals surface area contributed by atoms with E-state index in [4.69, 9.17) is 0 Å². The first-order valence-corrected chi connectivity index (χ1v) is 7.18. The van der Waals surface area contributed by atoms with Crippen LogP contribution < -0.4 is 10.6 Å². The Kier molecular flexibility index (Phi) is 4.97. The molecule has 0 radical (unpaired) electrons. The highest BCUT2D eigenvalue weighted by molar-refractivity contribution is 5.78. The van der Waals surface area contributed by atoms with Crippen LogP contribution in [0.15, 0.2) is 24.3 Å². The van der Waals surface area contributed by atoms with Gasteiger partial charge in [0.1, 0.15) is 0 Å². The van der Waals surface area contributed by atoms with Crippen LogP contribution in [0, 0.1) is 18.8 Å². The number of carbonyl (C=O) groups is 1. The molecule has 1 amide bonds. The van der Waals surface area contributed by atoms with Crippen LogP contribution in [0.3, 0.4) is 0 Å². The minimum Gasteiger partial charge on any atom is -0.355 e. The molecule has 1 fully saturated rings. The summed E-state index contributed by atoms with van der Waals surface area (Å²) in [6.45, 7) is 7.24. The van der Waals surface area contributed by atoms with Gasteiger partial charge in [0.2, 0.25) is 5.91 Å². The van der Waals surface area contributed by atoms with Crippen LogP contribution in [0.25, 0.3) is 0 Å². The first-order chi connectivity index (χ1) is 9.15. The molecule has 2 atom stereocenters. The number of amides is 1. The molecule has 1 aromatic rings. The highest BCUT2D eigenvalue weighted by Gasteiger charge is 2.21. The lowest BCUT2D eigenvalue weighted by molar-refractivity contribution is -0.120. The van der Waals surface area contributed by atoms with E-state index in [9.17, 15) is 4.79 Å². The zero-order valence-electron chi connectivity index (χ0n) is 11.9. The van der Waals surface area contributed by atoms with Gasteiger partial charge in [-0.25, -0.2) is 0 Å². The fourth-order valence-corrected chi connectivity index (χ4v) is 2.64. The van der Waals surface area contributed by atoms with Crippen molar-refractivity contribution in [2.24, 2.45) is 11.8 Å². The molecular weight excluding hydrogens is 236 g/mol. The Labute approximate surface area is 115 Å². The Bertz CT molecular complexity index is 431. The third kappa shape index (κ3) is 4.35. The molecule has 0 aromatic heterocycles. The summed E-state index contributed by atoms with van der Waals surface area (Å²) >= 11 is 0. The van der Waals surface area contributed by atoms with Crippen LogP contribution >= 0.6 is 0 Å². The molecule has 1 saturated heterocycles.